The van der Waals surface area contributed by atoms with Gasteiger partial charge in [0.1, 0.15) is 11.5 Å². The van der Waals surface area contributed by atoms with Crippen LogP contribution in [0.5, 0.6) is 11.5 Å². The molecule has 0 saturated heterocycles. The molecule has 0 amide bonds. The molecule has 2 aromatic rings. The van der Waals surface area contributed by atoms with E-state index in [0.717, 1.165) is 29.1 Å². The van der Waals surface area contributed by atoms with Crippen LogP contribution in [0.15, 0.2) is 41.5 Å². The summed E-state index contributed by atoms with van der Waals surface area (Å²) in [6, 6.07) is 9.65. The summed E-state index contributed by atoms with van der Waals surface area (Å²) in [6.45, 7) is 7.60. The first-order chi connectivity index (χ1) is 12.1. The van der Waals surface area contributed by atoms with Gasteiger partial charge in [-0.05, 0) is 51.0 Å². The molecule has 0 fully saturated rings. The molecule has 0 atom stereocenters. The van der Waals surface area contributed by atoms with Gasteiger partial charge in [-0.2, -0.15) is 0 Å². The monoisotopic (exact) mass is 470 g/mol. The van der Waals surface area contributed by atoms with Crippen molar-refractivity contribution >= 4 is 35.6 Å². The summed E-state index contributed by atoms with van der Waals surface area (Å²) in [7, 11) is 0. The lowest BCUT2D eigenvalue weighted by molar-refractivity contribution is 0.332. The molecule has 0 spiro atoms. The molecular formula is C19H27IN4O2. The molecule has 2 rings (SSSR count). The molecule has 0 aliphatic rings. The first-order valence-electron chi connectivity index (χ1n) is 8.50. The Morgan fingerprint density at radius 2 is 1.92 bits per heavy atom. The summed E-state index contributed by atoms with van der Waals surface area (Å²) in [5, 5.41) is 3.10. The molecule has 1 aromatic heterocycles. The van der Waals surface area contributed by atoms with E-state index in [1.54, 1.807) is 0 Å². The smallest absolute Gasteiger partial charge is 0.193 e. The Morgan fingerprint density at radius 1 is 1.15 bits per heavy atom. The number of pyridine rings is 1. The quantitative estimate of drug-likeness (QED) is 0.349. The predicted octanol–water partition coefficient (Wildman–Crippen LogP) is 3.77. The number of aromatic nitrogens is 1. The number of aliphatic imine (C=N–C) groups is 1. The molecule has 0 unspecified atom stereocenters. The average Bonchev–Trinajstić information content (AvgIpc) is 2.59. The largest absolute Gasteiger partial charge is 0.494 e. The predicted molar refractivity (Wildman–Crippen MR) is 117 cm³/mol. The Labute approximate surface area is 172 Å². The van der Waals surface area contributed by atoms with Crippen molar-refractivity contribution in [2.75, 3.05) is 25.1 Å². The molecule has 0 radical (unpaired) electrons. The van der Waals surface area contributed by atoms with Crippen LogP contribution in [-0.2, 0) is 6.42 Å². The second-order valence-corrected chi connectivity index (χ2v) is 5.47. The van der Waals surface area contributed by atoms with Crippen LogP contribution in [0.25, 0.3) is 0 Å². The zero-order chi connectivity index (χ0) is 18.1. The second kappa shape index (κ2) is 11.6. The molecule has 6 nitrogen and oxygen atoms in total. The van der Waals surface area contributed by atoms with E-state index < -0.39 is 0 Å². The van der Waals surface area contributed by atoms with Crippen LogP contribution in [0.4, 0.5) is 5.69 Å². The van der Waals surface area contributed by atoms with Crippen LogP contribution < -0.4 is 20.5 Å². The van der Waals surface area contributed by atoms with Crippen molar-refractivity contribution in [1.82, 2.24) is 4.98 Å². The van der Waals surface area contributed by atoms with Crippen molar-refractivity contribution in [2.45, 2.75) is 27.2 Å². The fourth-order valence-electron chi connectivity index (χ4n) is 2.27. The number of nitrogens with two attached hydrogens (primary N) is 1. The number of nitrogens with one attached hydrogen (secondary N) is 1. The summed E-state index contributed by atoms with van der Waals surface area (Å²) in [5.74, 6) is 1.81. The van der Waals surface area contributed by atoms with Gasteiger partial charge >= 0.3 is 0 Å². The van der Waals surface area contributed by atoms with Gasteiger partial charge < -0.3 is 20.5 Å². The minimum absolute atomic E-state index is 0. The van der Waals surface area contributed by atoms with E-state index in [1.165, 1.54) is 0 Å². The molecule has 0 aliphatic heterocycles. The average molecular weight is 470 g/mol. The van der Waals surface area contributed by atoms with E-state index in [0.29, 0.717) is 31.5 Å². The Morgan fingerprint density at radius 3 is 2.58 bits per heavy atom. The number of anilines is 1. The van der Waals surface area contributed by atoms with E-state index in [4.69, 9.17) is 15.2 Å². The lowest BCUT2D eigenvalue weighted by Gasteiger charge is -2.14. The molecule has 142 valence electrons. The number of aryl methyl sites for hydroxylation is 1. The minimum atomic E-state index is 0. The highest BCUT2D eigenvalue weighted by Gasteiger charge is 2.07. The van der Waals surface area contributed by atoms with Crippen molar-refractivity contribution < 1.29 is 9.47 Å². The van der Waals surface area contributed by atoms with Gasteiger partial charge in [0.15, 0.2) is 5.96 Å². The van der Waals surface area contributed by atoms with Crippen molar-refractivity contribution in [1.29, 1.82) is 0 Å². The highest BCUT2D eigenvalue weighted by Crippen LogP contribution is 2.29. The molecular weight excluding hydrogens is 443 g/mol. The summed E-state index contributed by atoms with van der Waals surface area (Å²) in [4.78, 5) is 8.65. The number of rotatable bonds is 8. The third kappa shape index (κ3) is 7.07. The van der Waals surface area contributed by atoms with Crippen LogP contribution in [0.3, 0.4) is 0 Å². The number of nitrogens with zero attached hydrogens (tertiary/aromatic N) is 2. The van der Waals surface area contributed by atoms with Gasteiger partial charge in [-0.3, -0.25) is 9.98 Å². The van der Waals surface area contributed by atoms with Crippen LogP contribution in [-0.4, -0.2) is 30.7 Å². The Bertz CT molecular complexity index is 705. The number of hydrogen-bond donors (Lipinski definition) is 2. The third-order valence-corrected chi connectivity index (χ3v) is 3.48. The van der Waals surface area contributed by atoms with Crippen LogP contribution in [0.2, 0.25) is 0 Å². The number of guanidine groups is 1. The van der Waals surface area contributed by atoms with Crippen molar-refractivity contribution in [3.05, 3.63) is 47.8 Å². The lowest BCUT2D eigenvalue weighted by Crippen LogP contribution is -2.23. The summed E-state index contributed by atoms with van der Waals surface area (Å²) in [6.07, 6.45) is 2.65. The normalized spacial score (nSPS) is 10.8. The van der Waals surface area contributed by atoms with Gasteiger partial charge in [0.2, 0.25) is 0 Å². The van der Waals surface area contributed by atoms with Gasteiger partial charge in [-0.25, -0.2) is 0 Å². The van der Waals surface area contributed by atoms with Gasteiger partial charge in [-0.1, -0.05) is 6.07 Å². The van der Waals surface area contributed by atoms with Gasteiger partial charge in [0.25, 0.3) is 0 Å². The van der Waals surface area contributed by atoms with Gasteiger partial charge in [-0.15, -0.1) is 24.0 Å². The van der Waals surface area contributed by atoms with Crippen molar-refractivity contribution in [2.24, 2.45) is 10.7 Å². The van der Waals surface area contributed by atoms with Crippen molar-refractivity contribution in [3.63, 3.8) is 0 Å². The van der Waals surface area contributed by atoms with Gasteiger partial charge in [0, 0.05) is 24.5 Å². The number of ether oxygens (including phenoxy) is 2. The summed E-state index contributed by atoms with van der Waals surface area (Å²) < 4.78 is 11.1. The fraction of sp³-hybridized carbons (Fsp3) is 0.368. The van der Waals surface area contributed by atoms with Crippen LogP contribution >= 0.6 is 24.0 Å². The standard InChI is InChI=1S/C19H26N4O2.HI/c1-4-24-16-8-9-18(25-5-2)17(12-16)23-19(20)21-11-10-15-7-6-14(3)22-13-15;/h6-9,12-13H,4-5,10-11H2,1-3H3,(H3,20,21,23);1H. The molecule has 0 saturated carbocycles. The molecule has 7 heteroatoms. The van der Waals surface area contributed by atoms with E-state index >= 15 is 0 Å². The molecule has 0 bridgehead atoms. The zero-order valence-corrected chi connectivity index (χ0v) is 17.8. The molecule has 26 heavy (non-hydrogen) atoms. The number of halogens is 1. The van der Waals surface area contributed by atoms with Crippen molar-refractivity contribution in [3.8, 4) is 11.5 Å². The maximum absolute atomic E-state index is 6.01. The van der Waals surface area contributed by atoms with Crippen LogP contribution in [0.1, 0.15) is 25.1 Å². The third-order valence-electron chi connectivity index (χ3n) is 3.48. The zero-order valence-electron chi connectivity index (χ0n) is 15.5. The SMILES string of the molecule is CCOc1ccc(OCC)c(NC(N)=NCCc2ccc(C)nc2)c1.I. The van der Waals surface area contributed by atoms with E-state index in [-0.39, 0.29) is 24.0 Å². The van der Waals surface area contributed by atoms with E-state index in [1.807, 2.05) is 51.2 Å². The Kier molecular flexibility index (Phi) is 9.79. The minimum Gasteiger partial charge on any atom is -0.494 e. The summed E-state index contributed by atoms with van der Waals surface area (Å²) >= 11 is 0. The highest BCUT2D eigenvalue weighted by atomic mass is 127. The maximum atomic E-state index is 6.01. The summed E-state index contributed by atoms with van der Waals surface area (Å²) in [5.41, 5.74) is 8.89. The molecule has 0 aliphatic carbocycles. The molecule has 1 aromatic carbocycles. The maximum Gasteiger partial charge on any atom is 0.193 e. The Hall–Kier alpha value is -2.03. The second-order valence-electron chi connectivity index (χ2n) is 5.47. The Balaban J connectivity index is 0.00000338. The number of hydrogen-bond acceptors (Lipinski definition) is 4. The van der Waals surface area contributed by atoms with Crippen LogP contribution in [0, 0.1) is 6.92 Å². The first kappa shape index (κ1) is 22.0. The topological polar surface area (TPSA) is 81.8 Å². The van der Waals surface area contributed by atoms with E-state index in [2.05, 4.69) is 21.4 Å². The van der Waals surface area contributed by atoms with E-state index in [9.17, 15) is 0 Å². The lowest BCUT2D eigenvalue weighted by atomic mass is 10.2. The number of benzene rings is 1. The first-order valence-corrected chi connectivity index (χ1v) is 8.50. The highest BCUT2D eigenvalue weighted by molar-refractivity contribution is 14.0. The molecule has 3 N–H and O–H groups in total. The van der Waals surface area contributed by atoms with Gasteiger partial charge in [0.05, 0.1) is 18.9 Å². The molecule has 1 heterocycles. The fourth-order valence-corrected chi connectivity index (χ4v) is 2.27.